The van der Waals surface area contributed by atoms with E-state index in [1.165, 1.54) is 18.0 Å². The summed E-state index contributed by atoms with van der Waals surface area (Å²) in [7, 11) is -3.45. The number of sulfone groups is 1. The van der Waals surface area contributed by atoms with Crippen LogP contribution in [0.1, 0.15) is 37.3 Å². The maximum absolute atomic E-state index is 13.5. The molecule has 7 nitrogen and oxygen atoms in total. The number of nitrogens with zero attached hydrogens (tertiary/aromatic N) is 2. The second kappa shape index (κ2) is 12.2. The van der Waals surface area contributed by atoms with Gasteiger partial charge in [-0.15, -0.1) is 11.8 Å². The molecular weight excluding hydrogens is 548 g/mol. The van der Waals surface area contributed by atoms with Gasteiger partial charge in [0.2, 0.25) is 5.91 Å². The third kappa shape index (κ3) is 6.65. The molecule has 1 atom stereocenters. The summed E-state index contributed by atoms with van der Waals surface area (Å²) in [5.41, 5.74) is 6.70. The Bertz CT molecular complexity index is 1110. The van der Waals surface area contributed by atoms with Gasteiger partial charge in [-0.1, -0.05) is 30.3 Å². The van der Waals surface area contributed by atoms with Gasteiger partial charge in [0.15, 0.2) is 9.84 Å². The van der Waals surface area contributed by atoms with Crippen molar-refractivity contribution in [2.75, 3.05) is 37.7 Å². The summed E-state index contributed by atoms with van der Waals surface area (Å²) in [5, 5.41) is 4.16. The Balaban J connectivity index is 1.35. The highest BCUT2D eigenvalue weighted by atomic mass is 79.9. The minimum atomic E-state index is -3.45. The van der Waals surface area contributed by atoms with E-state index in [-0.39, 0.29) is 34.4 Å². The van der Waals surface area contributed by atoms with Crippen LogP contribution in [0.4, 0.5) is 0 Å². The predicted molar refractivity (Wildman–Crippen MR) is 143 cm³/mol. The molecule has 2 aliphatic rings. The number of carbonyl (C=O) groups is 1. The van der Waals surface area contributed by atoms with Crippen LogP contribution < -0.4 is 11.1 Å². The fourth-order valence-corrected chi connectivity index (χ4v) is 8.13. The lowest BCUT2D eigenvalue weighted by Gasteiger charge is -2.40. The van der Waals surface area contributed by atoms with Crippen LogP contribution >= 0.6 is 27.7 Å². The zero-order chi connectivity index (χ0) is 24.8. The minimum absolute atomic E-state index is 0.0343. The van der Waals surface area contributed by atoms with Crippen molar-refractivity contribution in [1.82, 2.24) is 15.2 Å². The third-order valence-corrected chi connectivity index (χ3v) is 10.6. The van der Waals surface area contributed by atoms with Gasteiger partial charge in [-0.05, 0) is 59.2 Å². The van der Waals surface area contributed by atoms with E-state index in [9.17, 15) is 13.2 Å². The van der Waals surface area contributed by atoms with Crippen LogP contribution in [0, 0.1) is 11.8 Å². The van der Waals surface area contributed by atoms with Crippen molar-refractivity contribution >= 4 is 43.4 Å². The Labute approximate surface area is 220 Å². The predicted octanol–water partition coefficient (Wildman–Crippen LogP) is 3.65. The van der Waals surface area contributed by atoms with Crippen molar-refractivity contribution in [3.63, 3.8) is 0 Å². The van der Waals surface area contributed by atoms with E-state index in [0.29, 0.717) is 17.6 Å². The molecule has 2 aromatic rings. The number of nitrogens with one attached hydrogen (secondary N) is 1. The first-order chi connectivity index (χ1) is 16.9. The highest BCUT2D eigenvalue weighted by Gasteiger charge is 2.35. The third-order valence-electron chi connectivity index (χ3n) is 6.86. The summed E-state index contributed by atoms with van der Waals surface area (Å²) in [6, 6.07) is 11.9. The molecule has 1 saturated carbocycles. The number of piperazine rings is 1. The number of benzene rings is 1. The van der Waals surface area contributed by atoms with Crippen LogP contribution in [-0.2, 0) is 14.6 Å². The Morgan fingerprint density at radius 2 is 1.94 bits per heavy atom. The first-order valence-electron chi connectivity index (χ1n) is 12.2. The number of pyridine rings is 1. The summed E-state index contributed by atoms with van der Waals surface area (Å²) in [4.78, 5) is 20.0. The molecule has 1 amide bonds. The van der Waals surface area contributed by atoms with Crippen LogP contribution in [0.3, 0.4) is 0 Å². The van der Waals surface area contributed by atoms with Crippen molar-refractivity contribution in [3.05, 3.63) is 52.6 Å². The van der Waals surface area contributed by atoms with Gasteiger partial charge < -0.3 is 16.0 Å². The van der Waals surface area contributed by atoms with Crippen LogP contribution in [0.2, 0.25) is 0 Å². The van der Waals surface area contributed by atoms with Gasteiger partial charge >= 0.3 is 0 Å². The van der Waals surface area contributed by atoms with Crippen LogP contribution in [0.25, 0.3) is 0 Å². The largest absolute Gasteiger partial charge is 0.333 e. The van der Waals surface area contributed by atoms with Crippen LogP contribution in [-0.4, -0.2) is 61.9 Å². The molecule has 0 spiro atoms. The van der Waals surface area contributed by atoms with Gasteiger partial charge in [0.1, 0.15) is 5.03 Å². The second-order valence-corrected chi connectivity index (χ2v) is 13.2. The molecule has 1 aromatic heterocycles. The van der Waals surface area contributed by atoms with Gasteiger partial charge in [0, 0.05) is 44.0 Å². The van der Waals surface area contributed by atoms with E-state index in [1.807, 2.05) is 23.1 Å². The van der Waals surface area contributed by atoms with E-state index < -0.39 is 9.84 Å². The number of hydrogen-bond donors (Lipinski definition) is 2. The highest BCUT2D eigenvalue weighted by Crippen LogP contribution is 2.35. The van der Waals surface area contributed by atoms with E-state index in [0.717, 1.165) is 55.1 Å². The van der Waals surface area contributed by atoms with Gasteiger partial charge in [0.05, 0.1) is 21.2 Å². The molecular formula is C25H33BrN4O3S2. The topological polar surface area (TPSA) is 105 Å². The number of thioether (sulfide) groups is 1. The molecule has 1 aliphatic carbocycles. The average molecular weight is 582 g/mol. The van der Waals surface area contributed by atoms with Crippen molar-refractivity contribution in [3.8, 4) is 0 Å². The standard InChI is InChI=1S/C25H33BrN4O3S2/c26-22-14-21(15-29-24(22)34-13-10-27)35(32,33)17-18-6-8-20(9-7-18)25(31)30-12-11-28-16-23(30)19-4-2-1-3-5-19/h1-5,14-15,18,20,23,28H,6-13,16-17,27H2/t18?,20?,23-/m1/s1. The minimum Gasteiger partial charge on any atom is -0.333 e. The summed E-state index contributed by atoms with van der Waals surface area (Å²) in [6.07, 6.45) is 4.41. The van der Waals surface area contributed by atoms with Gasteiger partial charge in [-0.25, -0.2) is 13.4 Å². The highest BCUT2D eigenvalue weighted by molar-refractivity contribution is 9.10. The number of amides is 1. The summed E-state index contributed by atoms with van der Waals surface area (Å²) < 4.78 is 26.8. The Morgan fingerprint density at radius 3 is 2.63 bits per heavy atom. The lowest BCUT2D eigenvalue weighted by atomic mass is 9.81. The molecule has 4 rings (SSSR count). The molecule has 1 aliphatic heterocycles. The van der Waals surface area contributed by atoms with E-state index in [4.69, 9.17) is 5.73 Å². The smallest absolute Gasteiger partial charge is 0.226 e. The van der Waals surface area contributed by atoms with Crippen LogP contribution in [0.5, 0.6) is 0 Å². The normalized spacial score (nSPS) is 23.3. The van der Waals surface area contributed by atoms with E-state index in [2.05, 4.69) is 38.4 Å². The SMILES string of the molecule is NCCSc1ncc(S(=O)(=O)CC2CCC(C(=O)N3CCNC[C@@H]3c3ccccc3)CC2)cc1Br. The number of aromatic nitrogens is 1. The molecule has 190 valence electrons. The number of hydrogen-bond acceptors (Lipinski definition) is 7. The van der Waals surface area contributed by atoms with E-state index in [1.54, 1.807) is 6.07 Å². The number of carbonyl (C=O) groups excluding carboxylic acids is 1. The zero-order valence-electron chi connectivity index (χ0n) is 19.7. The van der Waals surface area contributed by atoms with Crippen molar-refractivity contribution in [2.24, 2.45) is 17.6 Å². The fraction of sp³-hybridized carbons (Fsp3) is 0.520. The van der Waals surface area contributed by atoms with Gasteiger partial charge in [-0.2, -0.15) is 0 Å². The number of nitrogens with two attached hydrogens (primary N) is 1. The molecule has 0 bridgehead atoms. The first-order valence-corrected chi connectivity index (χ1v) is 15.6. The van der Waals surface area contributed by atoms with Crippen molar-refractivity contribution in [2.45, 2.75) is 41.6 Å². The maximum atomic E-state index is 13.5. The van der Waals surface area contributed by atoms with Crippen molar-refractivity contribution in [1.29, 1.82) is 0 Å². The molecule has 2 heterocycles. The Hall–Kier alpha value is -1.46. The molecule has 1 saturated heterocycles. The summed E-state index contributed by atoms with van der Waals surface area (Å²) in [5.74, 6) is 1.05. The van der Waals surface area contributed by atoms with Crippen LogP contribution in [0.15, 0.2) is 57.0 Å². The summed E-state index contributed by atoms with van der Waals surface area (Å²) >= 11 is 4.94. The molecule has 35 heavy (non-hydrogen) atoms. The maximum Gasteiger partial charge on any atom is 0.226 e. The van der Waals surface area contributed by atoms with E-state index >= 15 is 0 Å². The molecule has 0 radical (unpaired) electrons. The van der Waals surface area contributed by atoms with Crippen molar-refractivity contribution < 1.29 is 13.2 Å². The van der Waals surface area contributed by atoms with Gasteiger partial charge in [0.25, 0.3) is 0 Å². The average Bonchev–Trinajstić information content (AvgIpc) is 2.88. The lowest BCUT2D eigenvalue weighted by molar-refractivity contribution is -0.140. The Morgan fingerprint density at radius 1 is 1.20 bits per heavy atom. The quantitative estimate of drug-likeness (QED) is 0.459. The fourth-order valence-electron chi connectivity index (χ4n) is 5.00. The monoisotopic (exact) mass is 580 g/mol. The molecule has 2 fully saturated rings. The summed E-state index contributed by atoms with van der Waals surface area (Å²) in [6.45, 7) is 2.80. The number of halogens is 1. The molecule has 10 heteroatoms. The molecule has 0 unspecified atom stereocenters. The zero-order valence-corrected chi connectivity index (χ0v) is 23.0. The second-order valence-electron chi connectivity index (χ2n) is 9.26. The van der Waals surface area contributed by atoms with Gasteiger partial charge in [-0.3, -0.25) is 4.79 Å². The molecule has 1 aromatic carbocycles. The first kappa shape index (κ1) is 26.6. The number of rotatable bonds is 8. The Kier molecular flexibility index (Phi) is 9.26. The lowest BCUT2D eigenvalue weighted by Crippen LogP contribution is -2.50. The molecule has 3 N–H and O–H groups in total.